The molecule has 0 aliphatic heterocycles. The van der Waals surface area contributed by atoms with E-state index < -0.39 is 5.91 Å². The van der Waals surface area contributed by atoms with Gasteiger partial charge in [0.1, 0.15) is 0 Å². The lowest BCUT2D eigenvalue weighted by molar-refractivity contribution is -0.117. The van der Waals surface area contributed by atoms with Gasteiger partial charge < -0.3 is 11.1 Å². The van der Waals surface area contributed by atoms with Crippen molar-refractivity contribution in [2.24, 2.45) is 5.73 Å². The predicted octanol–water partition coefficient (Wildman–Crippen LogP) is 1.96. The van der Waals surface area contributed by atoms with E-state index in [1.165, 1.54) is 13.0 Å². The van der Waals surface area contributed by atoms with Crippen LogP contribution in [-0.2, 0) is 9.59 Å². The van der Waals surface area contributed by atoms with Crippen LogP contribution in [0, 0.1) is 0 Å². The number of carbonyl (C=O) groups is 2. The zero-order chi connectivity index (χ0) is 13.0. The van der Waals surface area contributed by atoms with Crippen LogP contribution in [0.5, 0.6) is 0 Å². The SMILES string of the molecule is CC(=O)NC(=CC(N)=O)c1ccc(Cl)c(Cl)c1. The molecule has 0 aliphatic rings. The second-order valence-electron chi connectivity index (χ2n) is 3.27. The van der Waals surface area contributed by atoms with Gasteiger partial charge in [-0.15, -0.1) is 0 Å². The molecule has 0 atom stereocenters. The Balaban J connectivity index is 3.17. The first-order valence-electron chi connectivity index (χ1n) is 4.64. The predicted molar refractivity (Wildman–Crippen MR) is 67.5 cm³/mol. The Morgan fingerprint density at radius 1 is 1.29 bits per heavy atom. The monoisotopic (exact) mass is 272 g/mol. The summed E-state index contributed by atoms with van der Waals surface area (Å²) in [4.78, 5) is 21.8. The number of primary amides is 1. The van der Waals surface area contributed by atoms with E-state index in [-0.39, 0.29) is 11.6 Å². The molecule has 0 radical (unpaired) electrons. The van der Waals surface area contributed by atoms with E-state index in [9.17, 15) is 9.59 Å². The van der Waals surface area contributed by atoms with Crippen molar-refractivity contribution in [1.82, 2.24) is 5.32 Å². The Morgan fingerprint density at radius 3 is 2.41 bits per heavy atom. The minimum atomic E-state index is -0.667. The van der Waals surface area contributed by atoms with Crippen LogP contribution in [0.1, 0.15) is 12.5 Å². The first kappa shape index (κ1) is 13.5. The second kappa shape index (κ2) is 5.70. The molecule has 0 saturated carbocycles. The highest BCUT2D eigenvalue weighted by Gasteiger charge is 2.07. The lowest BCUT2D eigenvalue weighted by atomic mass is 10.1. The summed E-state index contributed by atoms with van der Waals surface area (Å²) in [5, 5.41) is 3.20. The first-order chi connectivity index (χ1) is 7.90. The molecule has 6 heteroatoms. The number of rotatable bonds is 3. The number of hydrogen-bond acceptors (Lipinski definition) is 2. The number of nitrogens with two attached hydrogens (primary N) is 1. The van der Waals surface area contributed by atoms with Crippen molar-refractivity contribution >= 4 is 40.7 Å². The van der Waals surface area contributed by atoms with Gasteiger partial charge in [-0.25, -0.2) is 0 Å². The van der Waals surface area contributed by atoms with Crippen molar-refractivity contribution in [1.29, 1.82) is 0 Å². The number of nitrogens with one attached hydrogen (secondary N) is 1. The third kappa shape index (κ3) is 4.09. The molecule has 4 nitrogen and oxygen atoms in total. The van der Waals surface area contributed by atoms with Gasteiger partial charge in [-0.3, -0.25) is 9.59 Å². The zero-order valence-corrected chi connectivity index (χ0v) is 10.5. The van der Waals surface area contributed by atoms with Crippen LogP contribution < -0.4 is 11.1 Å². The first-order valence-corrected chi connectivity index (χ1v) is 5.40. The molecule has 0 aliphatic carbocycles. The molecule has 3 N–H and O–H groups in total. The molecule has 90 valence electrons. The van der Waals surface area contributed by atoms with Crippen LogP contribution in [0.4, 0.5) is 0 Å². The molecular formula is C11H10Cl2N2O2. The van der Waals surface area contributed by atoms with E-state index in [2.05, 4.69) is 5.32 Å². The average molecular weight is 273 g/mol. The molecule has 0 bridgehead atoms. The fourth-order valence-electron chi connectivity index (χ4n) is 1.19. The number of amides is 2. The summed E-state index contributed by atoms with van der Waals surface area (Å²) in [5.74, 6) is -0.983. The van der Waals surface area contributed by atoms with Crippen LogP contribution >= 0.6 is 23.2 Å². The summed E-state index contributed by atoms with van der Waals surface area (Å²) in [5.41, 5.74) is 5.88. The van der Waals surface area contributed by atoms with Crippen molar-refractivity contribution in [3.63, 3.8) is 0 Å². The van der Waals surface area contributed by atoms with Crippen molar-refractivity contribution in [2.45, 2.75) is 6.92 Å². The Morgan fingerprint density at radius 2 is 1.94 bits per heavy atom. The second-order valence-corrected chi connectivity index (χ2v) is 4.08. The summed E-state index contributed by atoms with van der Waals surface area (Å²) in [7, 11) is 0. The summed E-state index contributed by atoms with van der Waals surface area (Å²) in [6.07, 6.45) is 1.11. The van der Waals surface area contributed by atoms with E-state index in [1.54, 1.807) is 12.1 Å². The Labute approximate surface area is 108 Å². The van der Waals surface area contributed by atoms with Crippen molar-refractivity contribution < 1.29 is 9.59 Å². The Hall–Kier alpha value is -1.52. The van der Waals surface area contributed by atoms with E-state index >= 15 is 0 Å². The quantitative estimate of drug-likeness (QED) is 0.826. The highest BCUT2D eigenvalue weighted by Crippen LogP contribution is 2.25. The van der Waals surface area contributed by atoms with Gasteiger partial charge in [-0.1, -0.05) is 29.3 Å². The van der Waals surface area contributed by atoms with E-state index in [0.29, 0.717) is 15.6 Å². The zero-order valence-electron chi connectivity index (χ0n) is 8.96. The fourth-order valence-corrected chi connectivity index (χ4v) is 1.49. The van der Waals surface area contributed by atoms with Crippen LogP contribution in [0.2, 0.25) is 10.0 Å². The molecule has 0 fully saturated rings. The van der Waals surface area contributed by atoms with Gasteiger partial charge in [0.2, 0.25) is 11.8 Å². The molecule has 0 spiro atoms. The maximum atomic E-state index is 11.0. The van der Waals surface area contributed by atoms with Crippen LogP contribution in [0.15, 0.2) is 24.3 Å². The van der Waals surface area contributed by atoms with Crippen LogP contribution in [0.3, 0.4) is 0 Å². The average Bonchev–Trinajstić information content (AvgIpc) is 2.19. The Kier molecular flexibility index (Phi) is 4.54. The minimum absolute atomic E-state index is 0.281. The third-order valence-electron chi connectivity index (χ3n) is 1.83. The Bertz CT molecular complexity index is 498. The van der Waals surface area contributed by atoms with E-state index in [4.69, 9.17) is 28.9 Å². The molecular weight excluding hydrogens is 263 g/mol. The summed E-state index contributed by atoms with van der Waals surface area (Å²) >= 11 is 11.6. The molecule has 0 unspecified atom stereocenters. The van der Waals surface area contributed by atoms with Crippen molar-refractivity contribution in [2.75, 3.05) is 0 Å². The van der Waals surface area contributed by atoms with Crippen LogP contribution in [0.25, 0.3) is 5.70 Å². The molecule has 0 aromatic heterocycles. The molecule has 1 aromatic rings. The van der Waals surface area contributed by atoms with Gasteiger partial charge in [0.05, 0.1) is 15.7 Å². The van der Waals surface area contributed by atoms with E-state index in [1.807, 2.05) is 0 Å². The van der Waals surface area contributed by atoms with Gasteiger partial charge >= 0.3 is 0 Å². The normalized spacial score (nSPS) is 11.1. The molecule has 17 heavy (non-hydrogen) atoms. The van der Waals surface area contributed by atoms with E-state index in [0.717, 1.165) is 6.08 Å². The van der Waals surface area contributed by atoms with Gasteiger partial charge in [0.25, 0.3) is 0 Å². The third-order valence-corrected chi connectivity index (χ3v) is 2.57. The number of halogens is 2. The summed E-state index contributed by atoms with van der Waals surface area (Å²) < 4.78 is 0. The molecule has 0 heterocycles. The largest absolute Gasteiger partial charge is 0.366 e. The number of benzene rings is 1. The molecule has 2 amide bonds. The van der Waals surface area contributed by atoms with Gasteiger partial charge in [-0.2, -0.15) is 0 Å². The standard InChI is InChI=1S/C11H10Cl2N2O2/c1-6(16)15-10(5-11(14)17)7-2-3-8(12)9(13)4-7/h2-5H,1H3,(H2,14,17)(H,15,16). The van der Waals surface area contributed by atoms with Crippen LogP contribution in [-0.4, -0.2) is 11.8 Å². The number of carbonyl (C=O) groups excluding carboxylic acids is 2. The maximum Gasteiger partial charge on any atom is 0.243 e. The van der Waals surface area contributed by atoms with Crippen molar-refractivity contribution in [3.8, 4) is 0 Å². The lowest BCUT2D eigenvalue weighted by Gasteiger charge is -2.08. The molecule has 0 saturated heterocycles. The summed E-state index contributed by atoms with van der Waals surface area (Å²) in [6, 6.07) is 4.73. The topological polar surface area (TPSA) is 72.2 Å². The van der Waals surface area contributed by atoms with Gasteiger partial charge in [0, 0.05) is 13.0 Å². The van der Waals surface area contributed by atoms with Crippen molar-refractivity contribution in [3.05, 3.63) is 39.9 Å². The fraction of sp³-hybridized carbons (Fsp3) is 0.0909. The highest BCUT2D eigenvalue weighted by molar-refractivity contribution is 6.42. The smallest absolute Gasteiger partial charge is 0.243 e. The lowest BCUT2D eigenvalue weighted by Crippen LogP contribution is -2.20. The summed E-state index contributed by atoms with van der Waals surface area (Å²) in [6.45, 7) is 1.33. The highest BCUT2D eigenvalue weighted by atomic mass is 35.5. The van der Waals surface area contributed by atoms with Gasteiger partial charge in [0.15, 0.2) is 0 Å². The molecule has 1 rings (SSSR count). The minimum Gasteiger partial charge on any atom is -0.366 e. The molecule has 1 aromatic carbocycles. The maximum absolute atomic E-state index is 11.0. The number of hydrogen-bond donors (Lipinski definition) is 2. The van der Waals surface area contributed by atoms with Gasteiger partial charge in [-0.05, 0) is 17.7 Å².